The smallest absolute Gasteiger partial charge is 0.238 e. The average Bonchev–Trinajstić information content (AvgIpc) is 3.72. The van der Waals surface area contributed by atoms with Crippen LogP contribution in [0.3, 0.4) is 0 Å². The molecular formula is C59H40N4Si. The average molecular weight is 833 g/mol. The van der Waals surface area contributed by atoms with Gasteiger partial charge in [0.2, 0.25) is 5.95 Å². The molecule has 0 atom stereocenters. The highest BCUT2D eigenvalue weighted by molar-refractivity contribution is 7.19. The Morgan fingerprint density at radius 3 is 1.41 bits per heavy atom. The van der Waals surface area contributed by atoms with Crippen LogP contribution in [0.25, 0.3) is 50.5 Å². The van der Waals surface area contributed by atoms with Gasteiger partial charge in [-0.15, -0.1) is 0 Å². The van der Waals surface area contributed by atoms with Gasteiger partial charge in [0.25, 0.3) is 0 Å². The van der Waals surface area contributed by atoms with Crippen molar-refractivity contribution in [1.82, 2.24) is 19.5 Å². The first-order valence-corrected chi connectivity index (χ1v) is 24.1. The molecule has 14 rings (SSSR count). The molecule has 0 saturated carbocycles. The van der Waals surface area contributed by atoms with Gasteiger partial charge in [0, 0.05) is 33.7 Å². The van der Waals surface area contributed by atoms with E-state index in [0.29, 0.717) is 17.6 Å². The molecule has 3 aliphatic carbocycles. The van der Waals surface area contributed by atoms with Crippen molar-refractivity contribution in [3.63, 3.8) is 0 Å². The van der Waals surface area contributed by atoms with Crippen molar-refractivity contribution in [1.29, 1.82) is 0 Å². The van der Waals surface area contributed by atoms with Gasteiger partial charge in [0.15, 0.2) is 19.7 Å². The molecule has 0 spiro atoms. The molecule has 0 unspecified atom stereocenters. The molecule has 0 saturated heterocycles. The van der Waals surface area contributed by atoms with Gasteiger partial charge in [0.05, 0.1) is 11.0 Å². The van der Waals surface area contributed by atoms with Gasteiger partial charge in [-0.3, -0.25) is 4.57 Å². The van der Waals surface area contributed by atoms with E-state index in [4.69, 9.17) is 15.0 Å². The summed E-state index contributed by atoms with van der Waals surface area (Å²) in [4.78, 5) is 16.2. The monoisotopic (exact) mass is 832 g/mol. The maximum Gasteiger partial charge on any atom is 0.238 e. The summed E-state index contributed by atoms with van der Waals surface area (Å²) in [7, 11) is -2.83. The molecule has 3 aliphatic rings. The third kappa shape index (κ3) is 5.38. The fraction of sp³-hybridized carbons (Fsp3) is 0.0339. The number of hydrogen-bond donors (Lipinski definition) is 0. The second-order valence-corrected chi connectivity index (χ2v) is 20.8. The van der Waals surface area contributed by atoms with Crippen LogP contribution >= 0.6 is 0 Å². The predicted octanol–water partition coefficient (Wildman–Crippen LogP) is 10.7. The van der Waals surface area contributed by atoms with Crippen LogP contribution in [-0.2, 0) is 0 Å². The zero-order valence-electron chi connectivity index (χ0n) is 34.9. The van der Waals surface area contributed by atoms with Crippen molar-refractivity contribution in [2.75, 3.05) is 0 Å². The van der Waals surface area contributed by atoms with E-state index < -0.39 is 8.07 Å². The van der Waals surface area contributed by atoms with Crippen molar-refractivity contribution < 1.29 is 0 Å². The molecule has 2 aromatic heterocycles. The number of fused-ring (bicyclic) bond motifs is 3. The molecule has 0 N–H and O–H groups in total. The Balaban J connectivity index is 1.06. The number of nitrogens with zero attached hydrogens (tertiary/aromatic N) is 4. The Morgan fingerprint density at radius 2 is 0.812 bits per heavy atom. The fourth-order valence-electron chi connectivity index (χ4n) is 11.2. The summed E-state index contributed by atoms with van der Waals surface area (Å²) in [6.07, 6.45) is 0. The molecule has 0 radical (unpaired) electrons. The van der Waals surface area contributed by atoms with Crippen molar-refractivity contribution in [2.45, 2.75) is 11.8 Å². The maximum absolute atomic E-state index is 5.50. The van der Waals surface area contributed by atoms with E-state index in [0.717, 1.165) is 22.2 Å². The third-order valence-electron chi connectivity index (χ3n) is 13.8. The van der Waals surface area contributed by atoms with E-state index in [1.54, 1.807) is 0 Å². The Kier molecular flexibility index (Phi) is 8.33. The standard InChI is InChI=1S/C59H40N4Si/c1-5-20-39(21-6-1)57-60-58(40-22-19-29-44(38-40)64(41-23-7-2-8-24-41,42-25-9-3-10-26-42)43-27-11-4-12-28-43)62-59(61-57)63-51-35-18-17-34-49(51)55-52(63)37-36-50-53-45-30-13-15-32-47(45)54(56(50)55)48-33-16-14-31-46(48)53/h1-38,53-54H. The highest BCUT2D eigenvalue weighted by Crippen LogP contribution is 2.58. The van der Waals surface area contributed by atoms with Crippen molar-refractivity contribution in [2.24, 2.45) is 0 Å². The number of benzene rings is 9. The van der Waals surface area contributed by atoms with E-state index in [1.165, 1.54) is 64.9 Å². The first-order valence-electron chi connectivity index (χ1n) is 22.1. The van der Waals surface area contributed by atoms with E-state index in [-0.39, 0.29) is 11.8 Å². The lowest BCUT2D eigenvalue weighted by molar-refractivity contribution is 0.761. The topological polar surface area (TPSA) is 43.6 Å². The molecule has 300 valence electrons. The highest BCUT2D eigenvalue weighted by Gasteiger charge is 2.43. The number of rotatable bonds is 7. The van der Waals surface area contributed by atoms with Gasteiger partial charge in [-0.2, -0.15) is 9.97 Å². The molecule has 2 bridgehead atoms. The highest BCUT2D eigenvalue weighted by atomic mass is 28.3. The molecule has 11 aromatic rings. The van der Waals surface area contributed by atoms with Crippen LogP contribution < -0.4 is 20.7 Å². The fourth-order valence-corrected chi connectivity index (χ4v) is 16.0. The van der Waals surface area contributed by atoms with Gasteiger partial charge >= 0.3 is 0 Å². The van der Waals surface area contributed by atoms with Gasteiger partial charge in [-0.25, -0.2) is 4.98 Å². The van der Waals surface area contributed by atoms with Gasteiger partial charge in [-0.05, 0) is 66.3 Å². The van der Waals surface area contributed by atoms with Crippen molar-refractivity contribution >= 4 is 50.6 Å². The lowest BCUT2D eigenvalue weighted by atomic mass is 9.60. The van der Waals surface area contributed by atoms with Crippen LogP contribution in [0.2, 0.25) is 0 Å². The minimum atomic E-state index is -2.83. The quantitative estimate of drug-likeness (QED) is 0.119. The molecule has 64 heavy (non-hydrogen) atoms. The lowest BCUT2D eigenvalue weighted by Crippen LogP contribution is -2.74. The van der Waals surface area contributed by atoms with Crippen LogP contribution in [0.1, 0.15) is 45.2 Å². The summed E-state index contributed by atoms with van der Waals surface area (Å²) in [6, 6.07) is 84.1. The Bertz CT molecular complexity index is 3420. The van der Waals surface area contributed by atoms with Gasteiger partial charge < -0.3 is 0 Å². The lowest BCUT2D eigenvalue weighted by Gasteiger charge is -2.42. The summed E-state index contributed by atoms with van der Waals surface area (Å²) in [6.45, 7) is 0. The van der Waals surface area contributed by atoms with E-state index in [2.05, 4.69) is 229 Å². The largest absolute Gasteiger partial charge is 0.278 e. The molecule has 2 heterocycles. The number of para-hydroxylation sites is 1. The molecule has 4 nitrogen and oxygen atoms in total. The van der Waals surface area contributed by atoms with E-state index in [9.17, 15) is 0 Å². The van der Waals surface area contributed by atoms with Gasteiger partial charge in [-0.1, -0.05) is 218 Å². The van der Waals surface area contributed by atoms with Crippen molar-refractivity contribution in [3.8, 4) is 28.7 Å². The predicted molar refractivity (Wildman–Crippen MR) is 263 cm³/mol. The zero-order valence-corrected chi connectivity index (χ0v) is 35.9. The van der Waals surface area contributed by atoms with Crippen LogP contribution in [0.4, 0.5) is 0 Å². The van der Waals surface area contributed by atoms with Crippen LogP contribution in [0.5, 0.6) is 0 Å². The summed E-state index contributed by atoms with van der Waals surface area (Å²) < 4.78 is 2.28. The third-order valence-corrected chi connectivity index (χ3v) is 18.6. The molecule has 0 aliphatic heterocycles. The van der Waals surface area contributed by atoms with Crippen LogP contribution in [-0.4, -0.2) is 27.6 Å². The molecule has 9 aromatic carbocycles. The summed E-state index contributed by atoms with van der Waals surface area (Å²) >= 11 is 0. The normalized spacial score (nSPS) is 14.9. The molecular weight excluding hydrogens is 793 g/mol. The Labute approximate surface area is 372 Å². The maximum atomic E-state index is 5.50. The second-order valence-electron chi connectivity index (χ2n) is 17.0. The first-order chi connectivity index (χ1) is 31.8. The second kappa shape index (κ2) is 14.6. The SMILES string of the molecule is c1ccc(-c2nc(-c3cccc([Si](c4ccccc4)(c4ccccc4)c4ccccc4)c3)nc(-n3c4ccccc4c4c5c(ccc43)C3c4ccccc4C5c4ccccc43)n2)cc1. The van der Waals surface area contributed by atoms with Crippen LogP contribution in [0.15, 0.2) is 231 Å². The summed E-state index contributed by atoms with van der Waals surface area (Å²) in [5.74, 6) is 2.16. The number of aromatic nitrogens is 4. The van der Waals surface area contributed by atoms with Gasteiger partial charge in [0.1, 0.15) is 0 Å². The Hall–Kier alpha value is -7.99. The zero-order chi connectivity index (χ0) is 42.2. The van der Waals surface area contributed by atoms with E-state index in [1.807, 2.05) is 6.07 Å². The van der Waals surface area contributed by atoms with Crippen molar-refractivity contribution in [3.05, 3.63) is 264 Å². The molecule has 5 heteroatoms. The minimum Gasteiger partial charge on any atom is -0.278 e. The molecule has 0 amide bonds. The molecule has 0 fully saturated rings. The summed E-state index contributed by atoms with van der Waals surface area (Å²) in [5.41, 5.74) is 12.5. The first kappa shape index (κ1) is 36.6. The van der Waals surface area contributed by atoms with Crippen LogP contribution in [0, 0.1) is 0 Å². The van der Waals surface area contributed by atoms with E-state index >= 15 is 0 Å². The minimum absolute atomic E-state index is 0.121. The summed E-state index contributed by atoms with van der Waals surface area (Å²) in [5, 5.41) is 7.68. The Morgan fingerprint density at radius 1 is 0.344 bits per heavy atom. The number of hydrogen-bond acceptors (Lipinski definition) is 3.